The van der Waals surface area contributed by atoms with Crippen LogP contribution in [0, 0.1) is 0 Å². The summed E-state index contributed by atoms with van der Waals surface area (Å²) in [5, 5.41) is 13.9. The van der Waals surface area contributed by atoms with Gasteiger partial charge in [-0.3, -0.25) is 9.89 Å². The number of hydrogen-bond donors (Lipinski definition) is 3. The molecule has 0 radical (unpaired) electrons. The van der Waals surface area contributed by atoms with Gasteiger partial charge in [-0.1, -0.05) is 29.8 Å². The third-order valence-electron chi connectivity index (χ3n) is 3.60. The highest BCUT2D eigenvalue weighted by Gasteiger charge is 2.18. The minimum absolute atomic E-state index is 0.130. The second-order valence-corrected chi connectivity index (χ2v) is 5.57. The van der Waals surface area contributed by atoms with Gasteiger partial charge in [0.1, 0.15) is 5.69 Å². The molecule has 2 heterocycles. The predicted molar refractivity (Wildman–Crippen MR) is 82.4 cm³/mol. The molecule has 3 rings (SSSR count). The maximum atomic E-state index is 12.2. The number of piperidine rings is 1. The summed E-state index contributed by atoms with van der Waals surface area (Å²) in [5.74, 6) is -0.130. The normalized spacial score (nSPS) is 18.4. The second kappa shape index (κ2) is 6.28. The molecule has 110 valence electrons. The van der Waals surface area contributed by atoms with Gasteiger partial charge >= 0.3 is 0 Å². The van der Waals surface area contributed by atoms with E-state index < -0.39 is 0 Å². The van der Waals surface area contributed by atoms with E-state index in [2.05, 4.69) is 20.8 Å². The van der Waals surface area contributed by atoms with Crippen molar-refractivity contribution in [3.8, 4) is 11.3 Å². The van der Waals surface area contributed by atoms with Crippen LogP contribution < -0.4 is 10.6 Å². The molecule has 6 heteroatoms. The van der Waals surface area contributed by atoms with E-state index in [4.69, 9.17) is 11.6 Å². The topological polar surface area (TPSA) is 69.8 Å². The summed E-state index contributed by atoms with van der Waals surface area (Å²) < 4.78 is 0. The molecule has 1 aromatic heterocycles. The van der Waals surface area contributed by atoms with Crippen molar-refractivity contribution >= 4 is 17.5 Å². The minimum atomic E-state index is -0.130. The predicted octanol–water partition coefficient (Wildman–Crippen LogP) is 2.21. The highest BCUT2D eigenvalue weighted by molar-refractivity contribution is 6.33. The van der Waals surface area contributed by atoms with Crippen molar-refractivity contribution in [2.24, 2.45) is 0 Å². The molecule has 5 nitrogen and oxygen atoms in total. The molecule has 1 aliphatic heterocycles. The lowest BCUT2D eigenvalue weighted by atomic mass is 10.1. The van der Waals surface area contributed by atoms with E-state index in [1.54, 1.807) is 12.1 Å². The first-order valence-corrected chi connectivity index (χ1v) is 7.44. The van der Waals surface area contributed by atoms with Gasteiger partial charge in [0.2, 0.25) is 0 Å². The fourth-order valence-electron chi connectivity index (χ4n) is 2.48. The summed E-state index contributed by atoms with van der Waals surface area (Å²) >= 11 is 6.14. The Labute approximate surface area is 128 Å². The molecule has 0 spiro atoms. The van der Waals surface area contributed by atoms with Crippen LogP contribution in [0.15, 0.2) is 30.3 Å². The van der Waals surface area contributed by atoms with Crippen molar-refractivity contribution in [2.75, 3.05) is 13.1 Å². The van der Waals surface area contributed by atoms with Gasteiger partial charge < -0.3 is 10.6 Å². The Balaban J connectivity index is 1.72. The molecule has 1 aliphatic rings. The molecule has 0 aliphatic carbocycles. The van der Waals surface area contributed by atoms with Crippen LogP contribution in [-0.2, 0) is 0 Å². The molecule has 1 saturated heterocycles. The molecule has 0 saturated carbocycles. The van der Waals surface area contributed by atoms with Crippen molar-refractivity contribution in [3.05, 3.63) is 41.0 Å². The highest BCUT2D eigenvalue weighted by Crippen LogP contribution is 2.26. The number of carbonyl (C=O) groups excluding carboxylic acids is 1. The SMILES string of the molecule is O=C(N[C@H]1CCCNC1)c1cc(-c2ccccc2Cl)n[nH]1. The zero-order chi connectivity index (χ0) is 14.7. The largest absolute Gasteiger partial charge is 0.347 e. The number of hydrogen-bond acceptors (Lipinski definition) is 3. The number of rotatable bonds is 3. The molecule has 1 fully saturated rings. The standard InChI is InChI=1S/C15H17ClN4O/c16-12-6-2-1-5-11(12)13-8-14(20-19-13)15(21)18-10-4-3-7-17-9-10/h1-2,5-6,8,10,17H,3-4,7,9H2,(H,18,21)(H,19,20)/t10-/m0/s1. The Hall–Kier alpha value is -1.85. The lowest BCUT2D eigenvalue weighted by Crippen LogP contribution is -2.45. The highest BCUT2D eigenvalue weighted by atomic mass is 35.5. The molecule has 2 aromatic rings. The van der Waals surface area contributed by atoms with Gasteiger partial charge in [0.05, 0.1) is 10.7 Å². The van der Waals surface area contributed by atoms with Crippen LogP contribution in [0.1, 0.15) is 23.3 Å². The Morgan fingerprint density at radius 2 is 2.24 bits per heavy atom. The van der Waals surface area contributed by atoms with Gasteiger partial charge in [-0.05, 0) is 31.5 Å². The van der Waals surface area contributed by atoms with Gasteiger partial charge in [0, 0.05) is 18.2 Å². The van der Waals surface area contributed by atoms with E-state index in [0.29, 0.717) is 16.4 Å². The van der Waals surface area contributed by atoms with Gasteiger partial charge in [-0.25, -0.2) is 0 Å². The monoisotopic (exact) mass is 304 g/mol. The number of nitrogens with one attached hydrogen (secondary N) is 3. The third-order valence-corrected chi connectivity index (χ3v) is 3.93. The van der Waals surface area contributed by atoms with Crippen LogP contribution in [0.25, 0.3) is 11.3 Å². The fraction of sp³-hybridized carbons (Fsp3) is 0.333. The average Bonchev–Trinajstić information content (AvgIpc) is 2.98. The first-order chi connectivity index (χ1) is 10.2. The summed E-state index contributed by atoms with van der Waals surface area (Å²) in [5.41, 5.74) is 1.94. The van der Waals surface area contributed by atoms with Gasteiger partial charge in [-0.2, -0.15) is 5.10 Å². The number of H-pyrrole nitrogens is 1. The van der Waals surface area contributed by atoms with Crippen molar-refractivity contribution in [1.82, 2.24) is 20.8 Å². The van der Waals surface area contributed by atoms with Crippen molar-refractivity contribution in [3.63, 3.8) is 0 Å². The van der Waals surface area contributed by atoms with E-state index in [9.17, 15) is 4.79 Å². The van der Waals surface area contributed by atoms with Crippen molar-refractivity contribution in [2.45, 2.75) is 18.9 Å². The summed E-state index contributed by atoms with van der Waals surface area (Å²) in [6, 6.07) is 9.35. The van der Waals surface area contributed by atoms with E-state index in [1.807, 2.05) is 18.2 Å². The minimum Gasteiger partial charge on any atom is -0.347 e. The maximum Gasteiger partial charge on any atom is 0.269 e. The number of aromatic nitrogens is 2. The summed E-state index contributed by atoms with van der Waals surface area (Å²) in [4.78, 5) is 12.2. The molecular weight excluding hydrogens is 288 g/mol. The number of aromatic amines is 1. The zero-order valence-electron chi connectivity index (χ0n) is 11.5. The van der Waals surface area contributed by atoms with Crippen LogP contribution in [-0.4, -0.2) is 35.2 Å². The summed E-state index contributed by atoms with van der Waals surface area (Å²) in [6.07, 6.45) is 2.09. The maximum absolute atomic E-state index is 12.2. The van der Waals surface area contributed by atoms with E-state index >= 15 is 0 Å². The van der Waals surface area contributed by atoms with Crippen molar-refractivity contribution < 1.29 is 4.79 Å². The first-order valence-electron chi connectivity index (χ1n) is 7.06. The average molecular weight is 305 g/mol. The molecular formula is C15H17ClN4O. The van der Waals surface area contributed by atoms with Gasteiger partial charge in [-0.15, -0.1) is 0 Å². The van der Waals surface area contributed by atoms with Crippen LogP contribution in [0.3, 0.4) is 0 Å². The fourth-order valence-corrected chi connectivity index (χ4v) is 2.72. The van der Waals surface area contributed by atoms with Crippen LogP contribution >= 0.6 is 11.6 Å². The Kier molecular flexibility index (Phi) is 4.22. The van der Waals surface area contributed by atoms with Gasteiger partial charge in [0.25, 0.3) is 5.91 Å². The molecule has 21 heavy (non-hydrogen) atoms. The molecule has 1 atom stereocenters. The number of carbonyl (C=O) groups is 1. The Bertz CT molecular complexity index is 634. The van der Waals surface area contributed by atoms with Gasteiger partial charge in [0.15, 0.2) is 0 Å². The summed E-state index contributed by atoms with van der Waals surface area (Å²) in [7, 11) is 0. The summed E-state index contributed by atoms with van der Waals surface area (Å²) in [6.45, 7) is 1.84. The van der Waals surface area contributed by atoms with Crippen LogP contribution in [0.5, 0.6) is 0 Å². The zero-order valence-corrected chi connectivity index (χ0v) is 12.3. The quantitative estimate of drug-likeness (QED) is 0.814. The first kappa shape index (κ1) is 14.1. The molecule has 0 bridgehead atoms. The number of nitrogens with zero attached hydrogens (tertiary/aromatic N) is 1. The molecule has 1 aromatic carbocycles. The second-order valence-electron chi connectivity index (χ2n) is 5.16. The lowest BCUT2D eigenvalue weighted by Gasteiger charge is -2.23. The number of benzene rings is 1. The van der Waals surface area contributed by atoms with E-state index in [0.717, 1.165) is 31.5 Å². The molecule has 1 amide bonds. The smallest absolute Gasteiger partial charge is 0.269 e. The molecule has 3 N–H and O–H groups in total. The van der Waals surface area contributed by atoms with E-state index in [1.165, 1.54) is 0 Å². The van der Waals surface area contributed by atoms with Crippen LogP contribution in [0.4, 0.5) is 0 Å². The molecule has 0 unspecified atom stereocenters. The van der Waals surface area contributed by atoms with Crippen LogP contribution in [0.2, 0.25) is 5.02 Å². The van der Waals surface area contributed by atoms with E-state index in [-0.39, 0.29) is 11.9 Å². The third kappa shape index (κ3) is 3.25. The number of amides is 1. The Morgan fingerprint density at radius 1 is 1.38 bits per heavy atom. The van der Waals surface area contributed by atoms with Crippen molar-refractivity contribution in [1.29, 1.82) is 0 Å². The lowest BCUT2D eigenvalue weighted by molar-refractivity contribution is 0.0925. The number of halogens is 1. The Morgan fingerprint density at radius 3 is 3.00 bits per heavy atom.